The highest BCUT2D eigenvalue weighted by Crippen LogP contribution is 2.39. The fraction of sp³-hybridized carbons (Fsp3) is 0.929. The standard InChI is InChI=1S/C14H22O5/c15-10-3-1-8(5-11(10)16)7-18-14(17)9-2-4-12-13(6-9)19-12/h8-13,15-16H,1-7H2. The van der Waals surface area contributed by atoms with E-state index in [0.29, 0.717) is 25.6 Å². The molecule has 0 aromatic carbocycles. The van der Waals surface area contributed by atoms with Crippen molar-refractivity contribution in [1.82, 2.24) is 0 Å². The molecule has 0 aromatic heterocycles. The third-order valence-corrected chi connectivity index (χ3v) is 4.69. The number of esters is 1. The molecule has 3 fully saturated rings. The lowest BCUT2D eigenvalue weighted by molar-refractivity contribution is -0.152. The van der Waals surface area contributed by atoms with Crippen molar-refractivity contribution in [3.63, 3.8) is 0 Å². The summed E-state index contributed by atoms with van der Waals surface area (Å²) in [5, 5.41) is 19.0. The summed E-state index contributed by atoms with van der Waals surface area (Å²) >= 11 is 0. The van der Waals surface area contributed by atoms with Gasteiger partial charge in [0.1, 0.15) is 0 Å². The van der Waals surface area contributed by atoms with Crippen LogP contribution < -0.4 is 0 Å². The average molecular weight is 270 g/mol. The number of fused-ring (bicyclic) bond motifs is 1. The molecule has 0 bridgehead atoms. The van der Waals surface area contributed by atoms with Crippen LogP contribution >= 0.6 is 0 Å². The van der Waals surface area contributed by atoms with Crippen molar-refractivity contribution in [3.05, 3.63) is 0 Å². The van der Waals surface area contributed by atoms with Crippen LogP contribution in [-0.2, 0) is 14.3 Å². The number of carbonyl (C=O) groups is 1. The number of epoxide rings is 1. The van der Waals surface area contributed by atoms with Gasteiger partial charge < -0.3 is 19.7 Å². The highest BCUT2D eigenvalue weighted by molar-refractivity contribution is 5.72. The van der Waals surface area contributed by atoms with Gasteiger partial charge in [-0.1, -0.05) is 0 Å². The topological polar surface area (TPSA) is 79.3 Å². The molecule has 108 valence electrons. The SMILES string of the molecule is O=C(OCC1CCC(O)C(O)C1)C1CCC2OC2C1. The van der Waals surface area contributed by atoms with Gasteiger partial charge in [-0.2, -0.15) is 0 Å². The van der Waals surface area contributed by atoms with Crippen LogP contribution in [0, 0.1) is 11.8 Å². The summed E-state index contributed by atoms with van der Waals surface area (Å²) in [6.07, 6.45) is 3.96. The molecule has 6 atom stereocenters. The molecular weight excluding hydrogens is 248 g/mol. The Morgan fingerprint density at radius 2 is 1.89 bits per heavy atom. The first kappa shape index (κ1) is 13.3. The summed E-state index contributed by atoms with van der Waals surface area (Å²) in [5.74, 6) is 0.0493. The minimum atomic E-state index is -0.673. The Morgan fingerprint density at radius 3 is 2.63 bits per heavy atom. The third kappa shape index (κ3) is 3.09. The van der Waals surface area contributed by atoms with Crippen molar-refractivity contribution in [2.24, 2.45) is 11.8 Å². The predicted molar refractivity (Wildman–Crippen MR) is 66.3 cm³/mol. The molecule has 2 N–H and O–H groups in total. The Balaban J connectivity index is 1.40. The molecular formula is C14H22O5. The van der Waals surface area contributed by atoms with Crippen LogP contribution in [0.4, 0.5) is 0 Å². The summed E-state index contributed by atoms with van der Waals surface area (Å²) < 4.78 is 10.8. The van der Waals surface area contributed by atoms with Gasteiger partial charge >= 0.3 is 5.97 Å². The van der Waals surface area contributed by atoms with Gasteiger partial charge in [-0.05, 0) is 44.4 Å². The summed E-state index contributed by atoms with van der Waals surface area (Å²) in [4.78, 5) is 12.0. The lowest BCUT2D eigenvalue weighted by Gasteiger charge is -2.30. The highest BCUT2D eigenvalue weighted by atomic mass is 16.6. The van der Waals surface area contributed by atoms with Crippen molar-refractivity contribution in [2.75, 3.05) is 6.61 Å². The Kier molecular flexibility index (Phi) is 3.78. The van der Waals surface area contributed by atoms with E-state index in [9.17, 15) is 15.0 Å². The van der Waals surface area contributed by atoms with E-state index in [1.807, 2.05) is 0 Å². The fourth-order valence-corrected chi connectivity index (χ4v) is 3.30. The highest BCUT2D eigenvalue weighted by Gasteiger charge is 2.46. The van der Waals surface area contributed by atoms with Gasteiger partial charge in [-0.3, -0.25) is 4.79 Å². The molecule has 0 amide bonds. The van der Waals surface area contributed by atoms with Crippen LogP contribution in [0.1, 0.15) is 38.5 Å². The van der Waals surface area contributed by atoms with E-state index < -0.39 is 12.2 Å². The number of hydrogen-bond acceptors (Lipinski definition) is 5. The van der Waals surface area contributed by atoms with Crippen LogP contribution in [0.5, 0.6) is 0 Å². The van der Waals surface area contributed by atoms with Gasteiger partial charge in [0.2, 0.25) is 0 Å². The lowest BCUT2D eigenvalue weighted by Crippen LogP contribution is -2.35. The minimum Gasteiger partial charge on any atom is -0.465 e. The van der Waals surface area contributed by atoms with Gasteiger partial charge in [0.05, 0.1) is 36.9 Å². The third-order valence-electron chi connectivity index (χ3n) is 4.69. The Morgan fingerprint density at radius 1 is 1.05 bits per heavy atom. The molecule has 5 heteroatoms. The van der Waals surface area contributed by atoms with Crippen LogP contribution in [0.3, 0.4) is 0 Å². The second-order valence-electron chi connectivity index (χ2n) is 6.17. The minimum absolute atomic E-state index is 0.0112. The number of aliphatic hydroxyl groups is 2. The van der Waals surface area contributed by atoms with Crippen LogP contribution in [0.15, 0.2) is 0 Å². The zero-order chi connectivity index (χ0) is 13.4. The number of rotatable bonds is 3. The second-order valence-corrected chi connectivity index (χ2v) is 6.17. The number of carbonyl (C=O) groups excluding carboxylic acids is 1. The monoisotopic (exact) mass is 270 g/mol. The van der Waals surface area contributed by atoms with E-state index in [2.05, 4.69) is 0 Å². The van der Waals surface area contributed by atoms with E-state index >= 15 is 0 Å². The second kappa shape index (κ2) is 5.38. The molecule has 0 radical (unpaired) electrons. The largest absolute Gasteiger partial charge is 0.465 e. The number of ether oxygens (including phenoxy) is 2. The van der Waals surface area contributed by atoms with Gasteiger partial charge in [-0.25, -0.2) is 0 Å². The smallest absolute Gasteiger partial charge is 0.309 e. The molecule has 2 saturated carbocycles. The predicted octanol–water partition coefficient (Wildman–Crippen LogP) is 0.619. The Bertz CT molecular complexity index is 345. The van der Waals surface area contributed by atoms with Crippen molar-refractivity contribution >= 4 is 5.97 Å². The molecule has 0 aromatic rings. The first-order chi connectivity index (χ1) is 9.13. The maximum absolute atomic E-state index is 12.0. The maximum atomic E-state index is 12.0. The van der Waals surface area contributed by atoms with E-state index in [1.165, 1.54) is 0 Å². The normalized spacial score (nSPS) is 45.4. The molecule has 3 aliphatic rings. The first-order valence-corrected chi connectivity index (χ1v) is 7.31. The van der Waals surface area contributed by atoms with Gasteiger partial charge in [-0.15, -0.1) is 0 Å². The maximum Gasteiger partial charge on any atom is 0.309 e. The zero-order valence-electron chi connectivity index (χ0n) is 11.0. The average Bonchev–Trinajstić information content (AvgIpc) is 3.18. The van der Waals surface area contributed by atoms with Crippen molar-refractivity contribution in [1.29, 1.82) is 0 Å². The molecule has 2 aliphatic carbocycles. The van der Waals surface area contributed by atoms with Gasteiger partial charge in [0, 0.05) is 0 Å². The van der Waals surface area contributed by atoms with Crippen molar-refractivity contribution in [3.8, 4) is 0 Å². The van der Waals surface area contributed by atoms with E-state index in [1.54, 1.807) is 0 Å². The van der Waals surface area contributed by atoms with Crippen LogP contribution in [0.2, 0.25) is 0 Å². The fourth-order valence-electron chi connectivity index (χ4n) is 3.30. The van der Waals surface area contributed by atoms with Crippen molar-refractivity contribution < 1.29 is 24.5 Å². The molecule has 0 spiro atoms. The first-order valence-electron chi connectivity index (χ1n) is 7.31. The van der Waals surface area contributed by atoms with Gasteiger partial charge in [0.15, 0.2) is 0 Å². The molecule has 3 rings (SSSR count). The summed E-state index contributed by atoms with van der Waals surface area (Å²) in [6, 6.07) is 0. The quantitative estimate of drug-likeness (QED) is 0.580. The number of aliphatic hydroxyl groups excluding tert-OH is 2. The Labute approximate surface area is 112 Å². The summed E-state index contributed by atoms with van der Waals surface area (Å²) in [7, 11) is 0. The van der Waals surface area contributed by atoms with E-state index in [-0.39, 0.29) is 23.9 Å². The summed E-state index contributed by atoms with van der Waals surface area (Å²) in [6.45, 7) is 0.369. The zero-order valence-corrected chi connectivity index (χ0v) is 11.0. The molecule has 1 saturated heterocycles. The van der Waals surface area contributed by atoms with Gasteiger partial charge in [0.25, 0.3) is 0 Å². The van der Waals surface area contributed by atoms with E-state index in [4.69, 9.17) is 9.47 Å². The molecule has 1 aliphatic heterocycles. The Hall–Kier alpha value is -0.650. The lowest BCUT2D eigenvalue weighted by atomic mass is 9.86. The number of hydrogen-bond donors (Lipinski definition) is 2. The van der Waals surface area contributed by atoms with E-state index in [0.717, 1.165) is 25.7 Å². The molecule has 5 nitrogen and oxygen atoms in total. The summed E-state index contributed by atoms with van der Waals surface area (Å²) in [5.41, 5.74) is 0. The molecule has 19 heavy (non-hydrogen) atoms. The molecule has 6 unspecified atom stereocenters. The molecule has 1 heterocycles. The van der Waals surface area contributed by atoms with Crippen LogP contribution in [0.25, 0.3) is 0 Å². The van der Waals surface area contributed by atoms with Crippen molar-refractivity contribution in [2.45, 2.75) is 62.9 Å². The van der Waals surface area contributed by atoms with Crippen LogP contribution in [-0.4, -0.2) is 47.2 Å².